The number of aliphatic hydroxyl groups is 1. The fraction of sp³-hybridized carbons (Fsp3) is 0.391. The van der Waals surface area contributed by atoms with Crippen molar-refractivity contribution >= 4 is 11.1 Å². The number of fused-ring (bicyclic) bond motifs is 1. The molecule has 0 amide bonds. The number of halogens is 2. The minimum atomic E-state index is -0.667. The molecular formula is C23H26F2O3. The summed E-state index contributed by atoms with van der Waals surface area (Å²) in [5, 5.41) is 28.6. The monoisotopic (exact) mass is 388 g/mol. The Labute approximate surface area is 164 Å². The van der Waals surface area contributed by atoms with Gasteiger partial charge < -0.3 is 15.3 Å². The van der Waals surface area contributed by atoms with Crippen molar-refractivity contribution in [2.75, 3.05) is 6.61 Å². The van der Waals surface area contributed by atoms with Gasteiger partial charge in [-0.25, -0.2) is 8.78 Å². The van der Waals surface area contributed by atoms with Gasteiger partial charge in [-0.1, -0.05) is 18.9 Å². The topological polar surface area (TPSA) is 60.7 Å². The van der Waals surface area contributed by atoms with Crippen LogP contribution in [-0.2, 0) is 6.42 Å². The molecule has 2 aromatic carbocycles. The van der Waals surface area contributed by atoms with Crippen LogP contribution in [0.1, 0.15) is 61.6 Å². The summed E-state index contributed by atoms with van der Waals surface area (Å²) in [5.74, 6) is -2.06. The van der Waals surface area contributed by atoms with E-state index in [4.69, 9.17) is 5.11 Å². The van der Waals surface area contributed by atoms with Crippen LogP contribution in [-0.4, -0.2) is 21.9 Å². The summed E-state index contributed by atoms with van der Waals surface area (Å²) >= 11 is 0. The SMILES string of the molecule is OCCCCCCC1=C(c2ccc(F)c(O)c2)CCCc2cc(O)c(F)cc21. The Morgan fingerprint density at radius 2 is 1.57 bits per heavy atom. The number of benzene rings is 2. The van der Waals surface area contributed by atoms with Gasteiger partial charge in [0.05, 0.1) is 0 Å². The number of unbranched alkanes of at least 4 members (excludes halogenated alkanes) is 3. The third kappa shape index (κ3) is 4.53. The Hall–Kier alpha value is -2.40. The molecule has 0 saturated heterocycles. The molecule has 0 atom stereocenters. The zero-order valence-electron chi connectivity index (χ0n) is 15.8. The van der Waals surface area contributed by atoms with Gasteiger partial charge in [0.1, 0.15) is 0 Å². The van der Waals surface area contributed by atoms with Crippen LogP contribution >= 0.6 is 0 Å². The van der Waals surface area contributed by atoms with Crippen LogP contribution in [0.25, 0.3) is 11.1 Å². The third-order valence-electron chi connectivity index (χ3n) is 5.36. The molecule has 0 saturated carbocycles. The van der Waals surface area contributed by atoms with Gasteiger partial charge in [0.2, 0.25) is 0 Å². The first-order valence-corrected chi connectivity index (χ1v) is 9.84. The number of aliphatic hydroxyl groups excluding tert-OH is 1. The van der Waals surface area contributed by atoms with Crippen molar-refractivity contribution in [3.8, 4) is 11.5 Å². The molecule has 28 heavy (non-hydrogen) atoms. The summed E-state index contributed by atoms with van der Waals surface area (Å²) in [6.45, 7) is 0.177. The highest BCUT2D eigenvalue weighted by atomic mass is 19.1. The van der Waals surface area contributed by atoms with Gasteiger partial charge in [0.15, 0.2) is 23.1 Å². The van der Waals surface area contributed by atoms with E-state index in [1.165, 1.54) is 24.3 Å². The van der Waals surface area contributed by atoms with E-state index in [0.29, 0.717) is 6.42 Å². The van der Waals surface area contributed by atoms with E-state index >= 15 is 0 Å². The van der Waals surface area contributed by atoms with Crippen molar-refractivity contribution in [3.05, 3.63) is 58.7 Å². The first-order valence-electron chi connectivity index (χ1n) is 9.84. The molecule has 3 nitrogen and oxygen atoms in total. The quantitative estimate of drug-likeness (QED) is 0.544. The van der Waals surface area contributed by atoms with Crippen LogP contribution in [0.4, 0.5) is 8.78 Å². The van der Waals surface area contributed by atoms with Gasteiger partial charge in [0.25, 0.3) is 0 Å². The number of allylic oxidation sites excluding steroid dienone is 2. The van der Waals surface area contributed by atoms with Crippen molar-refractivity contribution in [2.45, 2.75) is 51.4 Å². The van der Waals surface area contributed by atoms with E-state index in [-0.39, 0.29) is 12.4 Å². The fourth-order valence-corrected chi connectivity index (χ4v) is 3.93. The number of aryl methyl sites for hydroxylation is 1. The summed E-state index contributed by atoms with van der Waals surface area (Å²) in [7, 11) is 0. The predicted molar refractivity (Wildman–Crippen MR) is 106 cm³/mol. The molecule has 0 fully saturated rings. The zero-order valence-corrected chi connectivity index (χ0v) is 15.8. The Morgan fingerprint density at radius 1 is 0.821 bits per heavy atom. The molecule has 5 heteroatoms. The van der Waals surface area contributed by atoms with Crippen LogP contribution in [0, 0.1) is 11.6 Å². The lowest BCUT2D eigenvalue weighted by molar-refractivity contribution is 0.282. The maximum atomic E-state index is 14.2. The van der Waals surface area contributed by atoms with Crippen LogP contribution in [0.15, 0.2) is 30.3 Å². The van der Waals surface area contributed by atoms with Crippen molar-refractivity contribution in [2.24, 2.45) is 0 Å². The standard InChI is InChI=1S/C23H26F2O3/c24-20-10-9-16(13-22(20)27)17-8-5-6-15-12-23(28)21(25)14-19(15)18(17)7-3-1-2-4-11-26/h9-10,12-14,26-28H,1-8,11H2. The minimum absolute atomic E-state index is 0.177. The third-order valence-corrected chi connectivity index (χ3v) is 5.36. The average molecular weight is 388 g/mol. The second kappa shape index (κ2) is 9.20. The van der Waals surface area contributed by atoms with E-state index in [0.717, 1.165) is 72.8 Å². The normalized spacial score (nSPS) is 14.1. The van der Waals surface area contributed by atoms with E-state index in [9.17, 15) is 19.0 Å². The summed E-state index contributed by atoms with van der Waals surface area (Å²) in [4.78, 5) is 0. The molecule has 3 N–H and O–H groups in total. The lowest BCUT2D eigenvalue weighted by Gasteiger charge is -2.17. The highest BCUT2D eigenvalue weighted by Gasteiger charge is 2.21. The number of aromatic hydroxyl groups is 2. The molecule has 2 aromatic rings. The summed E-state index contributed by atoms with van der Waals surface area (Å²) in [5.41, 5.74) is 4.41. The zero-order chi connectivity index (χ0) is 20.1. The number of hydrogen-bond donors (Lipinski definition) is 3. The molecule has 0 aromatic heterocycles. The lowest BCUT2D eigenvalue weighted by Crippen LogP contribution is -1.97. The Kier molecular flexibility index (Phi) is 6.68. The average Bonchev–Trinajstić information content (AvgIpc) is 2.84. The van der Waals surface area contributed by atoms with Gasteiger partial charge in [-0.3, -0.25) is 0 Å². The Balaban J connectivity index is 2.04. The van der Waals surface area contributed by atoms with Crippen LogP contribution in [0.2, 0.25) is 0 Å². The Bertz CT molecular complexity index is 874. The van der Waals surface area contributed by atoms with Crippen molar-refractivity contribution in [3.63, 3.8) is 0 Å². The number of rotatable bonds is 7. The number of phenols is 2. The second-order valence-electron chi connectivity index (χ2n) is 7.33. The van der Waals surface area contributed by atoms with Crippen molar-refractivity contribution in [1.82, 2.24) is 0 Å². The van der Waals surface area contributed by atoms with Gasteiger partial charge in [-0.2, -0.15) is 0 Å². The maximum absolute atomic E-state index is 14.2. The molecule has 0 radical (unpaired) electrons. The van der Waals surface area contributed by atoms with Crippen LogP contribution in [0.3, 0.4) is 0 Å². The van der Waals surface area contributed by atoms with E-state index in [1.807, 2.05) is 0 Å². The molecule has 0 aliphatic heterocycles. The largest absolute Gasteiger partial charge is 0.505 e. The predicted octanol–water partition coefficient (Wildman–Crippen LogP) is 5.57. The van der Waals surface area contributed by atoms with Gasteiger partial charge in [0, 0.05) is 6.61 Å². The molecule has 3 rings (SSSR count). The van der Waals surface area contributed by atoms with Crippen molar-refractivity contribution < 1.29 is 24.1 Å². The number of phenolic OH excluding ortho intramolecular Hbond substituents is 2. The molecule has 1 aliphatic carbocycles. The first-order chi connectivity index (χ1) is 13.5. The summed E-state index contributed by atoms with van der Waals surface area (Å²) < 4.78 is 27.7. The second-order valence-corrected chi connectivity index (χ2v) is 7.33. The maximum Gasteiger partial charge on any atom is 0.165 e. The highest BCUT2D eigenvalue weighted by Crippen LogP contribution is 2.41. The van der Waals surface area contributed by atoms with Crippen molar-refractivity contribution in [1.29, 1.82) is 0 Å². The molecule has 0 unspecified atom stereocenters. The van der Waals surface area contributed by atoms with Crippen LogP contribution in [0.5, 0.6) is 11.5 Å². The summed E-state index contributed by atoms with van der Waals surface area (Å²) in [6, 6.07) is 7.22. The Morgan fingerprint density at radius 3 is 2.32 bits per heavy atom. The van der Waals surface area contributed by atoms with E-state index in [2.05, 4.69) is 0 Å². The van der Waals surface area contributed by atoms with E-state index in [1.54, 1.807) is 6.07 Å². The molecular weight excluding hydrogens is 362 g/mol. The van der Waals surface area contributed by atoms with E-state index < -0.39 is 17.4 Å². The van der Waals surface area contributed by atoms with Gasteiger partial charge in [-0.05, 0) is 90.6 Å². The van der Waals surface area contributed by atoms with Gasteiger partial charge in [-0.15, -0.1) is 0 Å². The number of hydrogen-bond acceptors (Lipinski definition) is 3. The molecule has 0 bridgehead atoms. The highest BCUT2D eigenvalue weighted by molar-refractivity contribution is 5.92. The smallest absolute Gasteiger partial charge is 0.165 e. The lowest BCUT2D eigenvalue weighted by atomic mass is 9.88. The molecule has 1 aliphatic rings. The molecule has 150 valence electrons. The first kappa shape index (κ1) is 20.3. The molecule has 0 spiro atoms. The van der Waals surface area contributed by atoms with Crippen LogP contribution < -0.4 is 0 Å². The van der Waals surface area contributed by atoms with Gasteiger partial charge >= 0.3 is 0 Å². The minimum Gasteiger partial charge on any atom is -0.505 e. The molecule has 0 heterocycles. The fourth-order valence-electron chi connectivity index (χ4n) is 3.93. The summed E-state index contributed by atoms with van der Waals surface area (Å²) in [6.07, 6.45) is 6.50.